The largest absolute Gasteiger partial charge is 0.490 e. The summed E-state index contributed by atoms with van der Waals surface area (Å²) in [4.78, 5) is 16.0. The molecule has 1 saturated heterocycles. The minimum absolute atomic E-state index is 0.0209. The SMILES string of the molecule is CN1CCOc2cc(S(=O)(=O)N3CCC(N4c5ccc(Cl)cc5COC4C=O)CC3)ccc21. The van der Waals surface area contributed by atoms with Gasteiger partial charge in [-0.1, -0.05) is 11.6 Å². The second kappa shape index (κ2) is 8.79. The van der Waals surface area contributed by atoms with Gasteiger partial charge in [-0.3, -0.25) is 4.79 Å². The number of piperidine rings is 1. The monoisotopic (exact) mass is 491 g/mol. The van der Waals surface area contributed by atoms with Crippen LogP contribution >= 0.6 is 11.6 Å². The zero-order chi connectivity index (χ0) is 23.2. The summed E-state index contributed by atoms with van der Waals surface area (Å²) in [6.45, 7) is 2.33. The summed E-state index contributed by atoms with van der Waals surface area (Å²) in [6.07, 6.45) is 1.27. The highest BCUT2D eigenvalue weighted by Crippen LogP contribution is 2.37. The molecule has 0 saturated carbocycles. The Bertz CT molecular complexity index is 1170. The molecular formula is C23H26ClN3O5S. The van der Waals surface area contributed by atoms with Crippen molar-refractivity contribution in [1.29, 1.82) is 0 Å². The van der Waals surface area contributed by atoms with E-state index in [1.54, 1.807) is 24.3 Å². The topological polar surface area (TPSA) is 79.4 Å². The van der Waals surface area contributed by atoms with E-state index in [0.29, 0.717) is 49.9 Å². The molecule has 0 amide bonds. The maximum Gasteiger partial charge on any atom is 0.243 e. The lowest BCUT2D eigenvalue weighted by atomic mass is 10.0. The first-order chi connectivity index (χ1) is 15.9. The lowest BCUT2D eigenvalue weighted by Gasteiger charge is -2.44. The summed E-state index contributed by atoms with van der Waals surface area (Å²) < 4.78 is 39.6. The van der Waals surface area contributed by atoms with E-state index >= 15 is 0 Å². The van der Waals surface area contributed by atoms with Gasteiger partial charge in [0, 0.05) is 48.5 Å². The van der Waals surface area contributed by atoms with E-state index in [2.05, 4.69) is 4.90 Å². The predicted molar refractivity (Wildman–Crippen MR) is 126 cm³/mol. The van der Waals surface area contributed by atoms with Crippen molar-refractivity contribution in [3.63, 3.8) is 0 Å². The lowest BCUT2D eigenvalue weighted by molar-refractivity contribution is -0.120. The molecule has 2 aromatic carbocycles. The van der Waals surface area contributed by atoms with Crippen LogP contribution in [0, 0.1) is 0 Å². The zero-order valence-electron chi connectivity index (χ0n) is 18.3. The molecule has 1 atom stereocenters. The van der Waals surface area contributed by atoms with E-state index in [0.717, 1.165) is 29.8 Å². The maximum absolute atomic E-state index is 13.3. The summed E-state index contributed by atoms with van der Waals surface area (Å²) in [7, 11) is -1.69. The van der Waals surface area contributed by atoms with Crippen LogP contribution in [-0.4, -0.2) is 64.6 Å². The van der Waals surface area contributed by atoms with Gasteiger partial charge >= 0.3 is 0 Å². The van der Waals surface area contributed by atoms with Crippen molar-refractivity contribution >= 4 is 39.3 Å². The van der Waals surface area contributed by atoms with Crippen LogP contribution in [0.4, 0.5) is 11.4 Å². The van der Waals surface area contributed by atoms with E-state index in [-0.39, 0.29) is 10.9 Å². The van der Waals surface area contributed by atoms with Crippen LogP contribution in [0.15, 0.2) is 41.3 Å². The molecule has 2 aromatic rings. The molecule has 176 valence electrons. The fraction of sp³-hybridized carbons (Fsp3) is 0.435. The van der Waals surface area contributed by atoms with Crippen LogP contribution in [0.5, 0.6) is 5.75 Å². The number of fused-ring (bicyclic) bond motifs is 2. The Morgan fingerprint density at radius 1 is 1.06 bits per heavy atom. The van der Waals surface area contributed by atoms with E-state index in [1.807, 2.05) is 24.1 Å². The van der Waals surface area contributed by atoms with Gasteiger partial charge in [-0.05, 0) is 43.2 Å². The third kappa shape index (κ3) is 4.07. The first kappa shape index (κ1) is 22.5. The lowest BCUT2D eigenvalue weighted by Crippen LogP contribution is -2.53. The Morgan fingerprint density at radius 2 is 1.82 bits per heavy atom. The third-order valence-electron chi connectivity index (χ3n) is 6.60. The van der Waals surface area contributed by atoms with E-state index in [9.17, 15) is 13.2 Å². The van der Waals surface area contributed by atoms with Crippen molar-refractivity contribution in [2.45, 2.75) is 36.6 Å². The number of carbonyl (C=O) groups is 1. The van der Waals surface area contributed by atoms with Gasteiger partial charge in [0.15, 0.2) is 12.5 Å². The molecule has 3 aliphatic heterocycles. The third-order valence-corrected chi connectivity index (χ3v) is 8.73. The predicted octanol–water partition coefficient (Wildman–Crippen LogP) is 2.88. The minimum atomic E-state index is -3.65. The number of hydrogen-bond donors (Lipinski definition) is 0. The molecule has 5 rings (SSSR count). The van der Waals surface area contributed by atoms with Crippen molar-refractivity contribution in [3.8, 4) is 5.75 Å². The van der Waals surface area contributed by atoms with E-state index in [4.69, 9.17) is 21.1 Å². The molecule has 0 aromatic heterocycles. The Kier molecular flexibility index (Phi) is 5.98. The molecule has 1 fully saturated rings. The quantitative estimate of drug-likeness (QED) is 0.608. The molecule has 0 N–H and O–H groups in total. The average molecular weight is 492 g/mol. The second-order valence-electron chi connectivity index (χ2n) is 8.55. The number of ether oxygens (including phenoxy) is 2. The summed E-state index contributed by atoms with van der Waals surface area (Å²) in [6, 6.07) is 10.6. The van der Waals surface area contributed by atoms with Crippen molar-refractivity contribution < 1.29 is 22.7 Å². The standard InChI is InChI=1S/C23H26ClN3O5S/c1-25-10-11-31-22-13-19(3-5-21(22)25)33(29,30)26-8-6-18(7-9-26)27-20-4-2-17(24)12-16(20)15-32-23(27)14-28/h2-5,12-14,18,23H,6-11,15H2,1H3. The Hall–Kier alpha value is -2.33. The Morgan fingerprint density at radius 3 is 2.58 bits per heavy atom. The zero-order valence-corrected chi connectivity index (χ0v) is 19.9. The van der Waals surface area contributed by atoms with Gasteiger partial charge in [-0.25, -0.2) is 8.42 Å². The first-order valence-electron chi connectivity index (χ1n) is 11.0. The number of rotatable bonds is 4. The normalized spacial score (nSPS) is 21.8. The van der Waals surface area contributed by atoms with Crippen molar-refractivity contribution in [2.24, 2.45) is 0 Å². The molecule has 0 radical (unpaired) electrons. The number of hydrogen-bond acceptors (Lipinski definition) is 7. The van der Waals surface area contributed by atoms with Gasteiger partial charge in [0.05, 0.1) is 23.7 Å². The summed E-state index contributed by atoms with van der Waals surface area (Å²) in [5.41, 5.74) is 2.73. The highest BCUT2D eigenvalue weighted by molar-refractivity contribution is 7.89. The fourth-order valence-corrected chi connectivity index (χ4v) is 6.51. The smallest absolute Gasteiger partial charge is 0.243 e. The summed E-state index contributed by atoms with van der Waals surface area (Å²) in [5, 5.41) is 0.614. The highest BCUT2D eigenvalue weighted by Gasteiger charge is 2.37. The van der Waals surface area contributed by atoms with Crippen LogP contribution in [-0.2, 0) is 26.2 Å². The van der Waals surface area contributed by atoms with Gasteiger partial charge in [-0.15, -0.1) is 0 Å². The number of anilines is 2. The first-order valence-corrected chi connectivity index (χ1v) is 12.8. The Balaban J connectivity index is 1.34. The number of sulfonamides is 1. The van der Waals surface area contributed by atoms with E-state index < -0.39 is 16.3 Å². The number of nitrogens with zero attached hydrogens (tertiary/aromatic N) is 3. The van der Waals surface area contributed by atoms with Crippen LogP contribution in [0.25, 0.3) is 0 Å². The van der Waals surface area contributed by atoms with Gasteiger partial charge in [0.2, 0.25) is 10.0 Å². The number of halogens is 1. The second-order valence-corrected chi connectivity index (χ2v) is 10.9. The summed E-state index contributed by atoms with van der Waals surface area (Å²) in [5.74, 6) is 0.592. The number of aldehydes is 1. The molecule has 0 aliphatic carbocycles. The maximum atomic E-state index is 13.3. The molecule has 1 unspecified atom stereocenters. The average Bonchev–Trinajstić information content (AvgIpc) is 2.83. The van der Waals surface area contributed by atoms with Gasteiger partial charge in [0.25, 0.3) is 0 Å². The molecular weight excluding hydrogens is 466 g/mol. The molecule has 10 heteroatoms. The fourth-order valence-electron chi connectivity index (χ4n) is 4.83. The summed E-state index contributed by atoms with van der Waals surface area (Å²) >= 11 is 6.13. The number of benzene rings is 2. The molecule has 0 bridgehead atoms. The van der Waals surface area contributed by atoms with Gasteiger partial charge in [0.1, 0.15) is 12.4 Å². The van der Waals surface area contributed by atoms with E-state index in [1.165, 1.54) is 4.31 Å². The molecule has 3 heterocycles. The molecule has 0 spiro atoms. The van der Waals surface area contributed by atoms with Crippen LogP contribution in [0.3, 0.4) is 0 Å². The molecule has 3 aliphatic rings. The minimum Gasteiger partial charge on any atom is -0.490 e. The van der Waals surface area contributed by atoms with Crippen molar-refractivity contribution in [3.05, 3.63) is 47.0 Å². The molecule has 33 heavy (non-hydrogen) atoms. The Labute approximate surface area is 198 Å². The highest BCUT2D eigenvalue weighted by atomic mass is 35.5. The van der Waals surface area contributed by atoms with Crippen LogP contribution in [0.1, 0.15) is 18.4 Å². The van der Waals surface area contributed by atoms with Crippen LogP contribution < -0.4 is 14.5 Å². The van der Waals surface area contributed by atoms with Gasteiger partial charge in [-0.2, -0.15) is 4.31 Å². The molecule has 8 nitrogen and oxygen atoms in total. The number of carbonyl (C=O) groups excluding carboxylic acids is 1. The van der Waals surface area contributed by atoms with Crippen LogP contribution in [0.2, 0.25) is 5.02 Å². The van der Waals surface area contributed by atoms with Crippen molar-refractivity contribution in [1.82, 2.24) is 4.31 Å². The number of likely N-dealkylation sites (N-methyl/N-ethyl adjacent to an activating group) is 1. The van der Waals surface area contributed by atoms with Crippen molar-refractivity contribution in [2.75, 3.05) is 43.1 Å². The van der Waals surface area contributed by atoms with Gasteiger partial charge < -0.3 is 19.3 Å².